The maximum absolute atomic E-state index is 5.92. The van der Waals surface area contributed by atoms with Crippen LogP contribution < -0.4 is 0 Å². The Morgan fingerprint density at radius 2 is 1.91 bits per heavy atom. The largest absolute Gasteiger partial charge is 0.372 e. The van der Waals surface area contributed by atoms with Gasteiger partial charge in [0.25, 0.3) is 0 Å². The molecule has 0 N–H and O–H groups in total. The molecule has 1 rings (SSSR count). The molecule has 11 heavy (non-hydrogen) atoms. The van der Waals surface area contributed by atoms with Crippen LogP contribution in [-0.2, 0) is 4.74 Å². The summed E-state index contributed by atoms with van der Waals surface area (Å²) in [6.07, 6.45) is 1.71. The molecule has 0 radical (unpaired) electrons. The number of ether oxygens (including phenoxy) is 1. The normalized spacial score (nSPS) is 36.5. The van der Waals surface area contributed by atoms with Gasteiger partial charge in [-0.2, -0.15) is 0 Å². The molecule has 0 aromatic carbocycles. The van der Waals surface area contributed by atoms with Crippen molar-refractivity contribution in [3.8, 4) is 0 Å². The molecular weight excluding hydrogens is 136 g/mol. The monoisotopic (exact) mass is 156 g/mol. The third-order valence-electron chi connectivity index (χ3n) is 2.97. The molecule has 66 valence electrons. The summed E-state index contributed by atoms with van der Waals surface area (Å²) in [6.45, 7) is 11.1. The van der Waals surface area contributed by atoms with E-state index in [0.717, 1.165) is 0 Å². The van der Waals surface area contributed by atoms with E-state index >= 15 is 0 Å². The third kappa shape index (κ3) is 1.76. The summed E-state index contributed by atoms with van der Waals surface area (Å²) >= 11 is 0. The second-order valence-electron chi connectivity index (χ2n) is 4.64. The lowest BCUT2D eigenvalue weighted by atomic mass is 9.90. The molecule has 1 fully saturated rings. The first kappa shape index (κ1) is 9.05. The topological polar surface area (TPSA) is 9.23 Å². The van der Waals surface area contributed by atoms with Gasteiger partial charge in [-0.05, 0) is 32.1 Å². The third-order valence-corrected chi connectivity index (χ3v) is 2.97. The molecule has 0 amide bonds. The zero-order valence-corrected chi connectivity index (χ0v) is 8.35. The van der Waals surface area contributed by atoms with Crippen molar-refractivity contribution in [3.05, 3.63) is 0 Å². The van der Waals surface area contributed by atoms with Gasteiger partial charge in [-0.15, -0.1) is 0 Å². The summed E-state index contributed by atoms with van der Waals surface area (Å²) in [5.74, 6) is 1.37. The Balaban J connectivity index is 2.57. The predicted molar refractivity (Wildman–Crippen MR) is 47.6 cm³/mol. The van der Waals surface area contributed by atoms with Crippen LogP contribution in [-0.4, -0.2) is 11.7 Å². The van der Waals surface area contributed by atoms with Gasteiger partial charge >= 0.3 is 0 Å². The minimum Gasteiger partial charge on any atom is -0.372 e. The molecule has 1 heteroatoms. The predicted octanol–water partition coefficient (Wildman–Crippen LogP) is 2.85. The first-order valence-corrected chi connectivity index (χ1v) is 4.61. The van der Waals surface area contributed by atoms with Crippen molar-refractivity contribution in [1.82, 2.24) is 0 Å². The van der Waals surface area contributed by atoms with Crippen LogP contribution in [0.5, 0.6) is 0 Å². The fraction of sp³-hybridized carbons (Fsp3) is 1.00. The summed E-state index contributed by atoms with van der Waals surface area (Å²) in [5, 5.41) is 0. The molecule has 0 saturated carbocycles. The van der Waals surface area contributed by atoms with Gasteiger partial charge in [0.1, 0.15) is 0 Å². The van der Waals surface area contributed by atoms with Crippen LogP contribution in [0.2, 0.25) is 0 Å². The molecule has 0 bridgehead atoms. The van der Waals surface area contributed by atoms with Gasteiger partial charge in [-0.1, -0.05) is 20.8 Å². The fourth-order valence-electron chi connectivity index (χ4n) is 1.59. The van der Waals surface area contributed by atoms with Gasteiger partial charge in [0.2, 0.25) is 0 Å². The minimum atomic E-state index is 0.106. The van der Waals surface area contributed by atoms with Crippen LogP contribution in [0.4, 0.5) is 0 Å². The molecule has 1 aliphatic rings. The Morgan fingerprint density at radius 3 is 2.09 bits per heavy atom. The van der Waals surface area contributed by atoms with E-state index < -0.39 is 0 Å². The zero-order valence-electron chi connectivity index (χ0n) is 8.35. The van der Waals surface area contributed by atoms with E-state index in [1.807, 2.05) is 0 Å². The Hall–Kier alpha value is -0.0400. The van der Waals surface area contributed by atoms with E-state index in [1.54, 1.807) is 0 Å². The van der Waals surface area contributed by atoms with E-state index in [4.69, 9.17) is 4.74 Å². The first-order valence-electron chi connectivity index (χ1n) is 4.61. The molecule has 1 saturated heterocycles. The maximum Gasteiger partial charge on any atom is 0.0656 e. The van der Waals surface area contributed by atoms with Crippen LogP contribution in [0.25, 0.3) is 0 Å². The lowest BCUT2D eigenvalue weighted by molar-refractivity contribution is -0.0452. The van der Waals surface area contributed by atoms with E-state index in [9.17, 15) is 0 Å². The van der Waals surface area contributed by atoms with Crippen molar-refractivity contribution in [3.63, 3.8) is 0 Å². The lowest BCUT2D eigenvalue weighted by Gasteiger charge is -2.24. The van der Waals surface area contributed by atoms with E-state index in [0.29, 0.717) is 17.9 Å². The highest BCUT2D eigenvalue weighted by Crippen LogP contribution is 2.37. The van der Waals surface area contributed by atoms with Crippen molar-refractivity contribution < 1.29 is 4.74 Å². The van der Waals surface area contributed by atoms with Crippen LogP contribution in [0.1, 0.15) is 41.0 Å². The smallest absolute Gasteiger partial charge is 0.0656 e. The molecular formula is C10H20O. The summed E-state index contributed by atoms with van der Waals surface area (Å²) < 4.78 is 5.92. The number of hydrogen-bond donors (Lipinski definition) is 0. The summed E-state index contributed by atoms with van der Waals surface area (Å²) in [4.78, 5) is 0. The van der Waals surface area contributed by atoms with Crippen LogP contribution in [0.15, 0.2) is 0 Å². The number of rotatable bonds is 1. The molecule has 0 unspecified atom stereocenters. The van der Waals surface area contributed by atoms with E-state index in [2.05, 4.69) is 34.6 Å². The Bertz CT molecular complexity index is 138. The first-order chi connectivity index (χ1) is 4.93. The average Bonchev–Trinajstić information content (AvgIpc) is 2.08. The van der Waals surface area contributed by atoms with Crippen molar-refractivity contribution in [2.24, 2.45) is 11.8 Å². The Morgan fingerprint density at radius 1 is 1.36 bits per heavy atom. The highest BCUT2D eigenvalue weighted by atomic mass is 16.5. The quantitative estimate of drug-likeness (QED) is 0.567. The van der Waals surface area contributed by atoms with Gasteiger partial charge in [0.05, 0.1) is 11.7 Å². The maximum atomic E-state index is 5.92. The van der Waals surface area contributed by atoms with E-state index in [1.165, 1.54) is 6.42 Å². The molecule has 1 heterocycles. The summed E-state index contributed by atoms with van der Waals surface area (Å²) in [6, 6.07) is 0. The molecule has 0 aromatic heterocycles. The molecule has 0 aliphatic carbocycles. The second-order valence-corrected chi connectivity index (χ2v) is 4.64. The second kappa shape index (κ2) is 2.78. The van der Waals surface area contributed by atoms with Crippen molar-refractivity contribution in [1.29, 1.82) is 0 Å². The summed E-state index contributed by atoms with van der Waals surface area (Å²) in [7, 11) is 0. The van der Waals surface area contributed by atoms with Crippen molar-refractivity contribution in [2.75, 3.05) is 0 Å². The standard InChI is InChI=1S/C10H20O/c1-7(2)9-6-8(3)10(4,5)11-9/h7-9H,6H2,1-5H3/t8-,9+/m0/s1. The van der Waals surface area contributed by atoms with Crippen LogP contribution >= 0.6 is 0 Å². The van der Waals surface area contributed by atoms with Gasteiger partial charge < -0.3 is 4.74 Å². The lowest BCUT2D eigenvalue weighted by Crippen LogP contribution is -2.26. The van der Waals surface area contributed by atoms with Gasteiger partial charge in [-0.3, -0.25) is 0 Å². The van der Waals surface area contributed by atoms with Gasteiger partial charge in [-0.25, -0.2) is 0 Å². The minimum absolute atomic E-state index is 0.106. The van der Waals surface area contributed by atoms with Crippen LogP contribution in [0.3, 0.4) is 0 Å². The van der Waals surface area contributed by atoms with Crippen molar-refractivity contribution >= 4 is 0 Å². The highest BCUT2D eigenvalue weighted by molar-refractivity contribution is 4.87. The molecule has 1 nitrogen and oxygen atoms in total. The molecule has 2 atom stereocenters. The average molecular weight is 156 g/mol. The molecule has 0 aromatic rings. The zero-order chi connectivity index (χ0) is 8.65. The number of hydrogen-bond acceptors (Lipinski definition) is 1. The SMILES string of the molecule is CC(C)[C@H]1C[C@H](C)C(C)(C)O1. The fourth-order valence-corrected chi connectivity index (χ4v) is 1.59. The molecule has 0 spiro atoms. The summed E-state index contributed by atoms with van der Waals surface area (Å²) in [5.41, 5.74) is 0.106. The highest BCUT2D eigenvalue weighted by Gasteiger charge is 2.39. The van der Waals surface area contributed by atoms with Crippen molar-refractivity contribution in [2.45, 2.75) is 52.7 Å². The Kier molecular flexibility index (Phi) is 2.29. The van der Waals surface area contributed by atoms with E-state index in [-0.39, 0.29) is 5.60 Å². The Labute approximate surface area is 70.1 Å². The van der Waals surface area contributed by atoms with Gasteiger partial charge in [0.15, 0.2) is 0 Å². The van der Waals surface area contributed by atoms with Gasteiger partial charge in [0, 0.05) is 0 Å². The molecule has 1 aliphatic heterocycles. The van der Waals surface area contributed by atoms with Crippen LogP contribution in [0, 0.1) is 11.8 Å².